The second-order valence-electron chi connectivity index (χ2n) is 3.35. The minimum Gasteiger partial charge on any atom is -0.384 e. The van der Waals surface area contributed by atoms with Crippen LogP contribution in [0.15, 0.2) is 11.8 Å². The molecular weight excluding hydrogens is 110 g/mol. The van der Waals surface area contributed by atoms with Gasteiger partial charge in [0, 0.05) is 11.2 Å². The molecule has 0 spiro atoms. The molecule has 0 unspecified atom stereocenters. The van der Waals surface area contributed by atoms with Crippen molar-refractivity contribution < 1.29 is 0 Å². The molecule has 0 aliphatic rings. The predicted octanol–water partition coefficient (Wildman–Crippen LogP) is 2.30. The van der Waals surface area contributed by atoms with Crippen molar-refractivity contribution in [3.05, 3.63) is 11.8 Å². The van der Waals surface area contributed by atoms with Crippen LogP contribution in [0.3, 0.4) is 0 Å². The molecule has 1 heteroatoms. The summed E-state index contributed by atoms with van der Waals surface area (Å²) in [7, 11) is 0. The van der Waals surface area contributed by atoms with Gasteiger partial charge in [-0.3, -0.25) is 0 Å². The smallest absolute Gasteiger partial charge is 0.0286 e. The van der Waals surface area contributed by atoms with E-state index in [4.69, 9.17) is 0 Å². The first-order chi connectivity index (χ1) is 3.95. The van der Waals surface area contributed by atoms with Crippen LogP contribution >= 0.6 is 0 Å². The van der Waals surface area contributed by atoms with E-state index in [1.165, 1.54) is 5.70 Å². The molecule has 0 aliphatic carbocycles. The number of hydrogen-bond donors (Lipinski definition) is 1. The topological polar surface area (TPSA) is 12.0 Å². The quantitative estimate of drug-likeness (QED) is 0.570. The number of rotatable bonds is 1. The van der Waals surface area contributed by atoms with Gasteiger partial charge in [-0.1, -0.05) is 6.08 Å². The van der Waals surface area contributed by atoms with Gasteiger partial charge in [0.15, 0.2) is 0 Å². The van der Waals surface area contributed by atoms with Gasteiger partial charge in [0.25, 0.3) is 0 Å². The Balaban J connectivity index is 3.75. The lowest BCUT2D eigenvalue weighted by atomic mass is 10.1. The molecule has 0 saturated heterocycles. The lowest BCUT2D eigenvalue weighted by Crippen LogP contribution is -2.33. The van der Waals surface area contributed by atoms with E-state index in [1.807, 2.05) is 6.92 Å². The molecule has 0 aromatic carbocycles. The fraction of sp³-hybridized carbons (Fsp3) is 0.750. The maximum absolute atomic E-state index is 3.33. The molecule has 0 heterocycles. The molecule has 9 heavy (non-hydrogen) atoms. The number of nitrogens with one attached hydrogen (secondary N) is 1. The van der Waals surface area contributed by atoms with Gasteiger partial charge < -0.3 is 5.32 Å². The zero-order chi connectivity index (χ0) is 7.49. The van der Waals surface area contributed by atoms with Gasteiger partial charge in [-0.05, 0) is 34.6 Å². The second-order valence-corrected chi connectivity index (χ2v) is 3.35. The highest BCUT2D eigenvalue weighted by molar-refractivity contribution is 4.96. The third kappa shape index (κ3) is 5.41. The Morgan fingerprint density at radius 1 is 1.33 bits per heavy atom. The fourth-order valence-electron chi connectivity index (χ4n) is 0.664. The normalized spacial score (nSPS) is 13.7. The van der Waals surface area contributed by atoms with Crippen molar-refractivity contribution in [2.75, 3.05) is 0 Å². The van der Waals surface area contributed by atoms with E-state index in [1.54, 1.807) is 0 Å². The van der Waals surface area contributed by atoms with Crippen LogP contribution in [-0.2, 0) is 0 Å². The van der Waals surface area contributed by atoms with Gasteiger partial charge in [0.05, 0.1) is 0 Å². The molecule has 0 aromatic rings. The predicted molar refractivity (Wildman–Crippen MR) is 42.3 cm³/mol. The van der Waals surface area contributed by atoms with Crippen molar-refractivity contribution in [1.29, 1.82) is 0 Å². The monoisotopic (exact) mass is 127 g/mol. The Kier molecular flexibility index (Phi) is 2.75. The summed E-state index contributed by atoms with van der Waals surface area (Å²) in [5, 5.41) is 3.33. The molecule has 1 N–H and O–H groups in total. The van der Waals surface area contributed by atoms with E-state index >= 15 is 0 Å². The lowest BCUT2D eigenvalue weighted by Gasteiger charge is -2.22. The average Bonchev–Trinajstić information content (AvgIpc) is 1.62. The summed E-state index contributed by atoms with van der Waals surface area (Å²) in [5.74, 6) is 0. The lowest BCUT2D eigenvalue weighted by molar-refractivity contribution is 0.473. The average molecular weight is 127 g/mol. The van der Waals surface area contributed by atoms with Gasteiger partial charge in [0.2, 0.25) is 0 Å². The minimum atomic E-state index is 0.205. The van der Waals surface area contributed by atoms with Crippen LogP contribution in [0.1, 0.15) is 34.6 Å². The highest BCUT2D eigenvalue weighted by atomic mass is 14.9. The van der Waals surface area contributed by atoms with Crippen molar-refractivity contribution in [3.63, 3.8) is 0 Å². The number of hydrogen-bond acceptors (Lipinski definition) is 1. The molecule has 0 aromatic heterocycles. The van der Waals surface area contributed by atoms with Gasteiger partial charge in [-0.15, -0.1) is 0 Å². The molecule has 1 nitrogen and oxygen atoms in total. The highest BCUT2D eigenvalue weighted by Crippen LogP contribution is 2.01. The zero-order valence-corrected chi connectivity index (χ0v) is 7.08. The third-order valence-corrected chi connectivity index (χ3v) is 1.01. The Labute approximate surface area is 58.2 Å². The van der Waals surface area contributed by atoms with Crippen LogP contribution < -0.4 is 5.32 Å². The molecule has 0 aliphatic heterocycles. The maximum Gasteiger partial charge on any atom is 0.0286 e. The summed E-state index contributed by atoms with van der Waals surface area (Å²) in [5.41, 5.74) is 1.44. The first kappa shape index (κ1) is 8.54. The van der Waals surface area contributed by atoms with Crippen molar-refractivity contribution in [2.45, 2.75) is 40.2 Å². The van der Waals surface area contributed by atoms with Crippen molar-refractivity contribution >= 4 is 0 Å². The minimum absolute atomic E-state index is 0.205. The van der Waals surface area contributed by atoms with Gasteiger partial charge in [0.1, 0.15) is 0 Å². The van der Waals surface area contributed by atoms with E-state index in [0.717, 1.165) is 0 Å². The Morgan fingerprint density at radius 3 is 1.89 bits per heavy atom. The van der Waals surface area contributed by atoms with Gasteiger partial charge in [-0.25, -0.2) is 0 Å². The summed E-state index contributed by atoms with van der Waals surface area (Å²) < 4.78 is 0. The zero-order valence-electron chi connectivity index (χ0n) is 7.08. The summed E-state index contributed by atoms with van der Waals surface area (Å²) >= 11 is 0. The largest absolute Gasteiger partial charge is 0.384 e. The molecule has 54 valence electrons. The summed E-state index contributed by atoms with van der Waals surface area (Å²) in [4.78, 5) is 0. The summed E-state index contributed by atoms with van der Waals surface area (Å²) in [6.07, 6.45) is 2.07. The van der Waals surface area contributed by atoms with Gasteiger partial charge >= 0.3 is 0 Å². The summed E-state index contributed by atoms with van der Waals surface area (Å²) in [6.45, 7) is 10.6. The number of allylic oxidation sites excluding steroid dienone is 2. The summed E-state index contributed by atoms with van der Waals surface area (Å²) in [6, 6.07) is 0. The van der Waals surface area contributed by atoms with Crippen LogP contribution in [0.2, 0.25) is 0 Å². The van der Waals surface area contributed by atoms with Crippen molar-refractivity contribution in [1.82, 2.24) is 5.32 Å². The first-order valence-electron chi connectivity index (χ1n) is 3.37. The van der Waals surface area contributed by atoms with E-state index in [-0.39, 0.29) is 5.54 Å². The second kappa shape index (κ2) is 2.90. The van der Waals surface area contributed by atoms with Crippen molar-refractivity contribution in [2.24, 2.45) is 0 Å². The molecular formula is C8H17N. The molecule has 0 rings (SSSR count). The van der Waals surface area contributed by atoms with Crippen LogP contribution in [0, 0.1) is 0 Å². The highest BCUT2D eigenvalue weighted by Gasteiger charge is 2.06. The molecule has 0 amide bonds. The molecule has 0 bridgehead atoms. The van der Waals surface area contributed by atoms with Crippen LogP contribution in [0.25, 0.3) is 0 Å². The van der Waals surface area contributed by atoms with E-state index in [2.05, 4.69) is 39.1 Å². The molecule has 0 saturated carbocycles. The van der Waals surface area contributed by atoms with Crippen LogP contribution in [0.4, 0.5) is 0 Å². The van der Waals surface area contributed by atoms with Crippen LogP contribution in [-0.4, -0.2) is 5.54 Å². The van der Waals surface area contributed by atoms with E-state index in [0.29, 0.717) is 0 Å². The van der Waals surface area contributed by atoms with Crippen LogP contribution in [0.5, 0.6) is 0 Å². The maximum atomic E-state index is 3.33. The van der Waals surface area contributed by atoms with Gasteiger partial charge in [-0.2, -0.15) is 0 Å². The molecule has 0 radical (unpaired) electrons. The molecule has 0 atom stereocenters. The Morgan fingerprint density at radius 2 is 1.78 bits per heavy atom. The molecule has 0 fully saturated rings. The SMILES string of the molecule is C/C=C(/C)NC(C)(C)C. The standard InChI is InChI=1S/C8H17N/c1-6-7(2)9-8(3,4)5/h6,9H,1-5H3/b7-6-. The van der Waals surface area contributed by atoms with Crippen molar-refractivity contribution in [3.8, 4) is 0 Å². The fourth-order valence-corrected chi connectivity index (χ4v) is 0.664. The van der Waals surface area contributed by atoms with E-state index in [9.17, 15) is 0 Å². The third-order valence-electron chi connectivity index (χ3n) is 1.01. The Hall–Kier alpha value is -0.460. The first-order valence-corrected chi connectivity index (χ1v) is 3.37. The Bertz CT molecular complexity index is 106. The van der Waals surface area contributed by atoms with E-state index < -0.39 is 0 Å².